The molecule has 2 unspecified atom stereocenters. The van der Waals surface area contributed by atoms with Gasteiger partial charge in [-0.1, -0.05) is 0 Å². The lowest BCUT2D eigenvalue weighted by atomic mass is 10.1. The summed E-state index contributed by atoms with van der Waals surface area (Å²) >= 11 is 0. The number of hydrogen-bond acceptors (Lipinski definition) is 5. The average molecular weight is 322 g/mol. The van der Waals surface area contributed by atoms with E-state index in [1.807, 2.05) is 0 Å². The van der Waals surface area contributed by atoms with Crippen molar-refractivity contribution in [1.29, 1.82) is 0 Å². The first-order valence-corrected chi connectivity index (χ1v) is 6.84. The zero-order chi connectivity index (χ0) is 17.0. The summed E-state index contributed by atoms with van der Waals surface area (Å²) in [5.41, 5.74) is -0.850. The average Bonchev–Trinajstić information content (AvgIpc) is 3.00. The van der Waals surface area contributed by atoms with Crippen LogP contribution in [0.3, 0.4) is 0 Å². The Morgan fingerprint density at radius 3 is 2.83 bits per heavy atom. The lowest BCUT2D eigenvalue weighted by molar-refractivity contribution is -0.385. The van der Waals surface area contributed by atoms with Crippen molar-refractivity contribution in [1.82, 2.24) is 5.32 Å². The number of nitrogens with one attached hydrogen (secondary N) is 1. The van der Waals surface area contributed by atoms with E-state index in [0.29, 0.717) is 5.76 Å². The van der Waals surface area contributed by atoms with Gasteiger partial charge in [0.2, 0.25) is 0 Å². The van der Waals surface area contributed by atoms with Gasteiger partial charge in [-0.15, -0.1) is 0 Å². The summed E-state index contributed by atoms with van der Waals surface area (Å²) < 4.78 is 18.3. The lowest BCUT2D eigenvalue weighted by Crippen LogP contribution is -2.34. The number of furan rings is 1. The Kier molecular flexibility index (Phi) is 5.07. The number of hydrogen-bond donors (Lipinski definition) is 2. The summed E-state index contributed by atoms with van der Waals surface area (Å²) in [6, 6.07) is 5.37. The van der Waals surface area contributed by atoms with E-state index in [-0.39, 0.29) is 12.0 Å². The maximum Gasteiger partial charge on any atom is 0.282 e. The summed E-state index contributed by atoms with van der Waals surface area (Å²) in [5, 5.41) is 23.3. The predicted molar refractivity (Wildman–Crippen MR) is 78.3 cm³/mol. The topological polar surface area (TPSA) is 106 Å². The number of aliphatic hydroxyl groups is 1. The predicted octanol–water partition coefficient (Wildman–Crippen LogP) is 2.57. The molecule has 0 bridgehead atoms. The van der Waals surface area contributed by atoms with Crippen LogP contribution in [0.2, 0.25) is 0 Å². The number of nitrogens with zero attached hydrogens (tertiary/aromatic N) is 1. The molecule has 2 rings (SSSR count). The molecule has 1 aromatic heterocycles. The van der Waals surface area contributed by atoms with Crippen molar-refractivity contribution >= 4 is 11.6 Å². The van der Waals surface area contributed by atoms with Gasteiger partial charge in [0.1, 0.15) is 23.2 Å². The van der Waals surface area contributed by atoms with E-state index in [1.165, 1.54) is 6.26 Å². The molecule has 122 valence electrons. The summed E-state index contributed by atoms with van der Waals surface area (Å²) in [5.74, 6) is -1.18. The van der Waals surface area contributed by atoms with Crippen LogP contribution in [-0.4, -0.2) is 22.0 Å². The van der Waals surface area contributed by atoms with Gasteiger partial charge in [0.25, 0.3) is 11.6 Å². The van der Waals surface area contributed by atoms with Gasteiger partial charge in [-0.05, 0) is 31.2 Å². The van der Waals surface area contributed by atoms with Crippen molar-refractivity contribution in [2.75, 3.05) is 0 Å². The Hall–Kier alpha value is -2.74. The Bertz CT molecular complexity index is 702. The number of amides is 1. The van der Waals surface area contributed by atoms with Crippen LogP contribution in [0.5, 0.6) is 0 Å². The third kappa shape index (κ3) is 4.13. The summed E-state index contributed by atoms with van der Waals surface area (Å²) in [6.07, 6.45) is 0.628. The molecule has 2 N–H and O–H groups in total. The minimum Gasteiger partial charge on any atom is -0.467 e. The van der Waals surface area contributed by atoms with E-state index >= 15 is 0 Å². The van der Waals surface area contributed by atoms with Crippen molar-refractivity contribution in [3.8, 4) is 0 Å². The number of nitro benzene ring substituents is 1. The molecule has 1 heterocycles. The van der Waals surface area contributed by atoms with Crippen LogP contribution >= 0.6 is 0 Å². The number of aliphatic hydroxyl groups excluding tert-OH is 1. The molecule has 0 aliphatic heterocycles. The summed E-state index contributed by atoms with van der Waals surface area (Å²) in [6.45, 7) is 1.62. The molecule has 0 aliphatic rings. The molecule has 0 radical (unpaired) electrons. The quantitative estimate of drug-likeness (QED) is 0.628. The highest BCUT2D eigenvalue weighted by molar-refractivity contribution is 5.98. The maximum absolute atomic E-state index is 13.2. The normalized spacial score (nSPS) is 13.3. The van der Waals surface area contributed by atoms with Crippen molar-refractivity contribution in [2.24, 2.45) is 0 Å². The monoisotopic (exact) mass is 322 g/mol. The van der Waals surface area contributed by atoms with E-state index in [1.54, 1.807) is 19.1 Å². The van der Waals surface area contributed by atoms with Gasteiger partial charge >= 0.3 is 0 Å². The molecule has 2 atom stereocenters. The highest BCUT2D eigenvalue weighted by atomic mass is 19.1. The molecule has 0 spiro atoms. The zero-order valence-electron chi connectivity index (χ0n) is 12.2. The van der Waals surface area contributed by atoms with Crippen LogP contribution in [0, 0.1) is 15.9 Å². The molecule has 0 saturated heterocycles. The van der Waals surface area contributed by atoms with Crippen LogP contribution in [-0.2, 0) is 0 Å². The first kappa shape index (κ1) is 16.6. The van der Waals surface area contributed by atoms with Gasteiger partial charge in [-0.25, -0.2) is 4.39 Å². The number of rotatable bonds is 6. The van der Waals surface area contributed by atoms with Gasteiger partial charge in [-0.2, -0.15) is 0 Å². The Morgan fingerprint density at radius 1 is 1.48 bits per heavy atom. The smallest absolute Gasteiger partial charge is 0.282 e. The fourth-order valence-electron chi connectivity index (χ4n) is 2.14. The Labute approximate surface area is 130 Å². The molecule has 8 heteroatoms. The fraction of sp³-hybridized carbons (Fsp3) is 0.267. The third-order valence-electron chi connectivity index (χ3n) is 3.23. The van der Waals surface area contributed by atoms with E-state index in [9.17, 15) is 24.4 Å². The van der Waals surface area contributed by atoms with Gasteiger partial charge in [0, 0.05) is 18.5 Å². The molecule has 2 aromatic rings. The maximum atomic E-state index is 13.2. The molecule has 1 amide bonds. The first-order chi connectivity index (χ1) is 10.9. The number of carbonyl (C=O) groups excluding carboxylic acids is 1. The van der Waals surface area contributed by atoms with Gasteiger partial charge in [-0.3, -0.25) is 14.9 Å². The van der Waals surface area contributed by atoms with Crippen LogP contribution in [0.1, 0.15) is 35.6 Å². The summed E-state index contributed by atoms with van der Waals surface area (Å²) in [7, 11) is 0. The molecule has 0 aliphatic carbocycles. The van der Waals surface area contributed by atoms with Crippen molar-refractivity contribution in [3.63, 3.8) is 0 Å². The standard InChI is InChI=1S/C15H15FN2O5/c1-9(7-13(19)14-3-2-6-23-14)17-15(20)11-8-10(16)4-5-12(11)18(21)22/h2-6,8-9,13,19H,7H2,1H3,(H,17,20). The second kappa shape index (κ2) is 7.01. The van der Waals surface area contributed by atoms with Crippen molar-refractivity contribution in [3.05, 3.63) is 63.9 Å². The number of benzene rings is 1. The first-order valence-electron chi connectivity index (χ1n) is 6.84. The van der Waals surface area contributed by atoms with E-state index in [4.69, 9.17) is 4.42 Å². The van der Waals surface area contributed by atoms with E-state index in [2.05, 4.69) is 5.32 Å². The van der Waals surface area contributed by atoms with Gasteiger partial charge < -0.3 is 14.8 Å². The zero-order valence-corrected chi connectivity index (χ0v) is 12.2. The van der Waals surface area contributed by atoms with E-state index < -0.39 is 34.5 Å². The number of nitro groups is 1. The Balaban J connectivity index is 2.07. The lowest BCUT2D eigenvalue weighted by Gasteiger charge is -2.16. The second-order valence-electron chi connectivity index (χ2n) is 5.06. The number of halogens is 1. The molecule has 7 nitrogen and oxygen atoms in total. The second-order valence-corrected chi connectivity index (χ2v) is 5.06. The SMILES string of the molecule is CC(CC(O)c1ccco1)NC(=O)c1cc(F)ccc1[N+](=O)[O-]. The van der Waals surface area contributed by atoms with Crippen LogP contribution < -0.4 is 5.32 Å². The van der Waals surface area contributed by atoms with E-state index in [0.717, 1.165) is 18.2 Å². The van der Waals surface area contributed by atoms with Crippen molar-refractivity contribution in [2.45, 2.75) is 25.5 Å². The molecule has 0 fully saturated rings. The number of carbonyl (C=O) groups is 1. The molecule has 1 aromatic carbocycles. The third-order valence-corrected chi connectivity index (χ3v) is 3.23. The minimum absolute atomic E-state index is 0.141. The molecular formula is C15H15FN2O5. The van der Waals surface area contributed by atoms with Crippen LogP contribution in [0.4, 0.5) is 10.1 Å². The largest absolute Gasteiger partial charge is 0.467 e. The molecule has 0 saturated carbocycles. The fourth-order valence-corrected chi connectivity index (χ4v) is 2.14. The summed E-state index contributed by atoms with van der Waals surface area (Å²) in [4.78, 5) is 22.3. The molecular weight excluding hydrogens is 307 g/mol. The van der Waals surface area contributed by atoms with Gasteiger partial charge in [0.15, 0.2) is 0 Å². The van der Waals surface area contributed by atoms with Crippen LogP contribution in [0.25, 0.3) is 0 Å². The Morgan fingerprint density at radius 2 is 2.22 bits per heavy atom. The highest BCUT2D eigenvalue weighted by Gasteiger charge is 2.23. The van der Waals surface area contributed by atoms with Gasteiger partial charge in [0.05, 0.1) is 11.2 Å². The van der Waals surface area contributed by atoms with Crippen LogP contribution in [0.15, 0.2) is 41.0 Å². The highest BCUT2D eigenvalue weighted by Crippen LogP contribution is 2.21. The minimum atomic E-state index is -0.928. The van der Waals surface area contributed by atoms with Crippen molar-refractivity contribution < 1.29 is 23.6 Å². The molecule has 23 heavy (non-hydrogen) atoms.